The van der Waals surface area contributed by atoms with Crippen molar-refractivity contribution in [3.05, 3.63) is 22.2 Å². The summed E-state index contributed by atoms with van der Waals surface area (Å²) < 4.78 is 11.7. The fraction of sp³-hybridized carbons (Fsp3) is 0.571. The Hall–Kier alpha value is -0.200. The third-order valence-corrected chi connectivity index (χ3v) is 4.43. The number of nitrogens with one attached hydrogen (secondary N) is 1. The van der Waals surface area contributed by atoms with E-state index in [2.05, 4.69) is 45.2 Å². The lowest BCUT2D eigenvalue weighted by Gasteiger charge is -2.33. The Morgan fingerprint density at radius 3 is 2.00 bits per heavy atom. The summed E-state index contributed by atoms with van der Waals surface area (Å²) >= 11 is 3.51. The molecule has 7 heteroatoms. The van der Waals surface area contributed by atoms with E-state index >= 15 is 0 Å². The maximum atomic E-state index is 5.41. The van der Waals surface area contributed by atoms with Gasteiger partial charge in [0, 0.05) is 32.2 Å². The molecule has 0 aromatic heterocycles. The van der Waals surface area contributed by atoms with Crippen LogP contribution in [-0.2, 0) is 0 Å². The molecule has 1 aromatic carbocycles. The van der Waals surface area contributed by atoms with Gasteiger partial charge < -0.3 is 14.8 Å². The number of nitrogens with zero attached hydrogens (tertiary/aromatic N) is 1. The molecule has 1 heterocycles. The van der Waals surface area contributed by atoms with Crippen LogP contribution in [0.25, 0.3) is 0 Å². The Bertz CT molecular complexity index is 418. The van der Waals surface area contributed by atoms with E-state index in [1.807, 2.05) is 0 Å². The van der Waals surface area contributed by atoms with Gasteiger partial charge in [-0.1, -0.05) is 0 Å². The van der Waals surface area contributed by atoms with Gasteiger partial charge in [-0.3, -0.25) is 4.90 Å². The summed E-state index contributed by atoms with van der Waals surface area (Å²) in [4.78, 5) is 2.47. The van der Waals surface area contributed by atoms with E-state index < -0.39 is 0 Å². The van der Waals surface area contributed by atoms with Gasteiger partial charge in [-0.05, 0) is 40.5 Å². The minimum absolute atomic E-state index is 0. The largest absolute Gasteiger partial charge is 0.495 e. The van der Waals surface area contributed by atoms with Gasteiger partial charge in [0.2, 0.25) is 0 Å². The van der Waals surface area contributed by atoms with Crippen LogP contribution in [-0.4, -0.2) is 45.3 Å². The molecule has 1 N–H and O–H groups in total. The van der Waals surface area contributed by atoms with Crippen LogP contribution in [0.2, 0.25) is 0 Å². The summed E-state index contributed by atoms with van der Waals surface area (Å²) in [7, 11) is 3.36. The number of hydrogen-bond donors (Lipinski definition) is 1. The summed E-state index contributed by atoms with van der Waals surface area (Å²) in [5.74, 6) is 1.63. The van der Waals surface area contributed by atoms with Crippen LogP contribution in [0, 0.1) is 0 Å². The first-order valence-electron chi connectivity index (χ1n) is 6.53. The molecule has 4 nitrogen and oxygen atoms in total. The van der Waals surface area contributed by atoms with Gasteiger partial charge >= 0.3 is 0 Å². The molecule has 0 bridgehead atoms. The molecule has 0 unspecified atom stereocenters. The Labute approximate surface area is 147 Å². The third kappa shape index (κ3) is 4.89. The molecule has 0 saturated carbocycles. The summed E-state index contributed by atoms with van der Waals surface area (Å²) in [5.41, 5.74) is 1.22. The molecule has 0 amide bonds. The monoisotopic (exact) mass is 400 g/mol. The van der Waals surface area contributed by atoms with Gasteiger partial charge in [-0.2, -0.15) is 0 Å². The molecule has 1 saturated heterocycles. The van der Waals surface area contributed by atoms with Crippen molar-refractivity contribution >= 4 is 40.7 Å². The van der Waals surface area contributed by atoms with Crippen molar-refractivity contribution in [2.75, 3.05) is 40.4 Å². The van der Waals surface area contributed by atoms with Crippen molar-refractivity contribution in [3.63, 3.8) is 0 Å². The van der Waals surface area contributed by atoms with Gasteiger partial charge in [-0.15, -0.1) is 24.8 Å². The number of ether oxygens (including phenoxy) is 2. The van der Waals surface area contributed by atoms with Crippen molar-refractivity contribution in [3.8, 4) is 11.5 Å². The van der Waals surface area contributed by atoms with Crippen molar-refractivity contribution in [1.29, 1.82) is 0 Å². The molecule has 122 valence electrons. The van der Waals surface area contributed by atoms with Crippen LogP contribution in [0.15, 0.2) is 16.6 Å². The van der Waals surface area contributed by atoms with E-state index in [1.54, 1.807) is 14.2 Å². The van der Waals surface area contributed by atoms with Crippen molar-refractivity contribution in [2.45, 2.75) is 13.0 Å². The zero-order valence-corrected chi connectivity index (χ0v) is 15.7. The lowest BCUT2D eigenvalue weighted by atomic mass is 10.1. The third-order valence-electron chi connectivity index (χ3n) is 3.65. The fourth-order valence-electron chi connectivity index (χ4n) is 2.41. The van der Waals surface area contributed by atoms with Crippen LogP contribution in [0.3, 0.4) is 0 Å². The normalized spacial score (nSPS) is 16.4. The summed E-state index contributed by atoms with van der Waals surface area (Å²) in [5, 5.41) is 3.38. The van der Waals surface area contributed by atoms with Crippen molar-refractivity contribution in [2.24, 2.45) is 0 Å². The first-order valence-corrected chi connectivity index (χ1v) is 7.33. The second kappa shape index (κ2) is 9.74. The molecule has 2 rings (SSSR count). The minimum atomic E-state index is 0. The van der Waals surface area contributed by atoms with Crippen LogP contribution in [0.5, 0.6) is 11.5 Å². The topological polar surface area (TPSA) is 33.7 Å². The highest BCUT2D eigenvalue weighted by Gasteiger charge is 2.20. The summed E-state index contributed by atoms with van der Waals surface area (Å²) in [6, 6.07) is 4.52. The number of hydrogen-bond acceptors (Lipinski definition) is 4. The highest BCUT2D eigenvalue weighted by molar-refractivity contribution is 9.10. The first-order chi connectivity index (χ1) is 9.17. The average Bonchev–Trinajstić information content (AvgIpc) is 2.47. The molecular weight excluding hydrogens is 379 g/mol. The maximum Gasteiger partial charge on any atom is 0.137 e. The van der Waals surface area contributed by atoms with E-state index in [0.717, 1.165) is 42.2 Å². The molecule has 1 aliphatic heterocycles. The zero-order valence-electron chi connectivity index (χ0n) is 12.5. The zero-order chi connectivity index (χ0) is 13.8. The Kier molecular flexibility index (Phi) is 9.65. The van der Waals surface area contributed by atoms with Crippen molar-refractivity contribution in [1.82, 2.24) is 10.2 Å². The van der Waals surface area contributed by atoms with Crippen LogP contribution in [0.1, 0.15) is 18.5 Å². The first kappa shape index (κ1) is 20.8. The highest BCUT2D eigenvalue weighted by Crippen LogP contribution is 2.38. The van der Waals surface area contributed by atoms with Crippen molar-refractivity contribution < 1.29 is 9.47 Å². The van der Waals surface area contributed by atoms with E-state index in [9.17, 15) is 0 Å². The fourth-order valence-corrected chi connectivity index (χ4v) is 2.96. The molecular formula is C14H23BrCl2N2O2. The summed E-state index contributed by atoms with van der Waals surface area (Å²) in [6.45, 7) is 6.47. The molecule has 0 radical (unpaired) electrons. The van der Waals surface area contributed by atoms with E-state index in [-0.39, 0.29) is 24.8 Å². The molecule has 21 heavy (non-hydrogen) atoms. The predicted octanol–water partition coefficient (Wildman–Crippen LogP) is 3.28. The second-order valence-electron chi connectivity index (χ2n) is 4.70. The minimum Gasteiger partial charge on any atom is -0.495 e. The maximum absolute atomic E-state index is 5.41. The van der Waals surface area contributed by atoms with E-state index in [4.69, 9.17) is 9.47 Å². The molecule has 0 spiro atoms. The van der Waals surface area contributed by atoms with E-state index in [1.165, 1.54) is 5.56 Å². The standard InChI is InChI=1S/C14H21BrN2O2.2ClH/c1-10(17-6-4-16-5-7-17)11-8-12(18-2)14(15)13(9-11)19-3;;/h8-10,16H,4-7H2,1-3H3;2*1H/t10-;;/m1../s1. The number of rotatable bonds is 4. The van der Waals surface area contributed by atoms with Gasteiger partial charge in [0.05, 0.1) is 14.2 Å². The summed E-state index contributed by atoms with van der Waals surface area (Å²) in [6.07, 6.45) is 0. The molecule has 1 fully saturated rings. The Balaban J connectivity index is 0.00000200. The second-order valence-corrected chi connectivity index (χ2v) is 5.49. The molecule has 0 aliphatic carbocycles. The molecule has 1 atom stereocenters. The Morgan fingerprint density at radius 2 is 1.57 bits per heavy atom. The average molecular weight is 402 g/mol. The van der Waals surface area contributed by atoms with Crippen LogP contribution < -0.4 is 14.8 Å². The van der Waals surface area contributed by atoms with Gasteiger partial charge in [0.25, 0.3) is 0 Å². The number of benzene rings is 1. The van der Waals surface area contributed by atoms with Crippen LogP contribution in [0.4, 0.5) is 0 Å². The van der Waals surface area contributed by atoms with E-state index in [0.29, 0.717) is 6.04 Å². The van der Waals surface area contributed by atoms with Gasteiger partial charge in [0.1, 0.15) is 16.0 Å². The SMILES string of the molecule is COc1cc([C@@H](C)N2CCNCC2)cc(OC)c1Br.Cl.Cl. The quantitative estimate of drug-likeness (QED) is 0.839. The smallest absolute Gasteiger partial charge is 0.137 e. The lowest BCUT2D eigenvalue weighted by Crippen LogP contribution is -2.44. The van der Waals surface area contributed by atoms with Gasteiger partial charge in [-0.25, -0.2) is 0 Å². The number of piperazine rings is 1. The van der Waals surface area contributed by atoms with Crippen LogP contribution >= 0.6 is 40.7 Å². The highest BCUT2D eigenvalue weighted by atomic mass is 79.9. The predicted molar refractivity (Wildman–Crippen MR) is 94.6 cm³/mol. The lowest BCUT2D eigenvalue weighted by molar-refractivity contribution is 0.185. The number of methoxy groups -OCH3 is 2. The Morgan fingerprint density at radius 1 is 1.10 bits per heavy atom. The molecule has 1 aliphatic rings. The van der Waals surface area contributed by atoms with Gasteiger partial charge in [0.15, 0.2) is 0 Å². The number of halogens is 3. The molecule has 1 aromatic rings.